The average Bonchev–Trinajstić information content (AvgIpc) is 2.28. The Labute approximate surface area is 98.2 Å². The summed E-state index contributed by atoms with van der Waals surface area (Å²) in [6.07, 6.45) is 0.859. The molecule has 0 aliphatic carbocycles. The lowest BCUT2D eigenvalue weighted by atomic mass is 9.97. The van der Waals surface area contributed by atoms with Crippen molar-refractivity contribution in [3.05, 3.63) is 29.3 Å². The molecule has 3 heteroatoms. The van der Waals surface area contributed by atoms with Gasteiger partial charge in [-0.2, -0.15) is 0 Å². The molecule has 1 unspecified atom stereocenters. The highest BCUT2D eigenvalue weighted by atomic mass is 16.5. The maximum absolute atomic E-state index is 5.66. The van der Waals surface area contributed by atoms with Crippen molar-refractivity contribution < 1.29 is 4.74 Å². The number of methoxy groups -OCH3 is 1. The highest BCUT2D eigenvalue weighted by molar-refractivity contribution is 5.42. The van der Waals surface area contributed by atoms with Gasteiger partial charge < -0.3 is 15.4 Å². The summed E-state index contributed by atoms with van der Waals surface area (Å²) in [7, 11) is 5.87. The number of nitrogens with zero attached hydrogens (tertiary/aromatic N) is 1. The highest BCUT2D eigenvalue weighted by Crippen LogP contribution is 2.29. The fraction of sp³-hybridized carbons (Fsp3) is 0.538. The van der Waals surface area contributed by atoms with Gasteiger partial charge >= 0.3 is 0 Å². The van der Waals surface area contributed by atoms with Crippen LogP contribution in [0.1, 0.15) is 24.1 Å². The van der Waals surface area contributed by atoms with E-state index in [4.69, 9.17) is 10.5 Å². The Morgan fingerprint density at radius 1 is 1.38 bits per heavy atom. The number of rotatable bonds is 5. The summed E-state index contributed by atoms with van der Waals surface area (Å²) >= 11 is 0. The standard InChI is InChI=1S/C13H22N2O/c1-10(15(2)3)11-6-5-7-13(16-4)12(11)8-9-14/h5-7,10H,8-9,14H2,1-4H3. The van der Waals surface area contributed by atoms with Gasteiger partial charge in [0.2, 0.25) is 0 Å². The van der Waals surface area contributed by atoms with E-state index in [-0.39, 0.29) is 0 Å². The van der Waals surface area contributed by atoms with Gasteiger partial charge in [0.05, 0.1) is 7.11 Å². The zero-order chi connectivity index (χ0) is 12.1. The molecule has 0 amide bonds. The number of hydrogen-bond donors (Lipinski definition) is 1. The molecule has 0 aliphatic heterocycles. The molecule has 1 atom stereocenters. The Balaban J connectivity index is 3.15. The summed E-state index contributed by atoms with van der Waals surface area (Å²) in [6.45, 7) is 2.84. The van der Waals surface area contributed by atoms with Crippen LogP contribution in [0.2, 0.25) is 0 Å². The van der Waals surface area contributed by atoms with Gasteiger partial charge in [0.1, 0.15) is 5.75 Å². The van der Waals surface area contributed by atoms with Crippen molar-refractivity contribution >= 4 is 0 Å². The third-order valence-electron chi connectivity index (χ3n) is 3.01. The third kappa shape index (κ3) is 2.74. The molecule has 0 spiro atoms. The van der Waals surface area contributed by atoms with Gasteiger partial charge in [-0.15, -0.1) is 0 Å². The molecule has 0 heterocycles. The number of benzene rings is 1. The predicted octanol–water partition coefficient (Wildman–Crippen LogP) is 1.82. The Morgan fingerprint density at radius 3 is 2.56 bits per heavy atom. The molecular formula is C13H22N2O. The average molecular weight is 222 g/mol. The maximum atomic E-state index is 5.66. The summed E-state index contributed by atoms with van der Waals surface area (Å²) in [5.74, 6) is 0.941. The molecule has 0 saturated heterocycles. The normalized spacial score (nSPS) is 12.9. The van der Waals surface area contributed by atoms with E-state index in [1.54, 1.807) is 7.11 Å². The number of nitrogens with two attached hydrogens (primary N) is 1. The molecular weight excluding hydrogens is 200 g/mol. The summed E-state index contributed by atoms with van der Waals surface area (Å²) in [4.78, 5) is 2.19. The molecule has 0 radical (unpaired) electrons. The van der Waals surface area contributed by atoms with Crippen LogP contribution < -0.4 is 10.5 Å². The highest BCUT2D eigenvalue weighted by Gasteiger charge is 2.15. The third-order valence-corrected chi connectivity index (χ3v) is 3.01. The van der Waals surface area contributed by atoms with Crippen molar-refractivity contribution in [2.45, 2.75) is 19.4 Å². The molecule has 3 nitrogen and oxygen atoms in total. The van der Waals surface area contributed by atoms with Crippen LogP contribution in [-0.4, -0.2) is 32.6 Å². The van der Waals surface area contributed by atoms with E-state index < -0.39 is 0 Å². The van der Waals surface area contributed by atoms with Crippen LogP contribution in [0.5, 0.6) is 5.75 Å². The van der Waals surface area contributed by atoms with E-state index in [1.165, 1.54) is 11.1 Å². The Kier molecular flexibility index (Phi) is 4.77. The molecule has 0 aromatic heterocycles. The molecule has 0 saturated carbocycles. The zero-order valence-corrected chi connectivity index (χ0v) is 10.7. The first kappa shape index (κ1) is 13.0. The van der Waals surface area contributed by atoms with Crippen molar-refractivity contribution in [2.24, 2.45) is 5.73 Å². The van der Waals surface area contributed by atoms with Gasteiger partial charge in [0, 0.05) is 11.6 Å². The largest absolute Gasteiger partial charge is 0.496 e. The fourth-order valence-electron chi connectivity index (χ4n) is 1.86. The molecule has 90 valence electrons. The van der Waals surface area contributed by atoms with Crippen LogP contribution in [0.4, 0.5) is 0 Å². The quantitative estimate of drug-likeness (QED) is 0.826. The van der Waals surface area contributed by atoms with Gasteiger partial charge in [-0.25, -0.2) is 0 Å². The van der Waals surface area contributed by atoms with Gasteiger partial charge in [-0.1, -0.05) is 12.1 Å². The number of hydrogen-bond acceptors (Lipinski definition) is 3. The molecule has 16 heavy (non-hydrogen) atoms. The molecule has 1 rings (SSSR count). The van der Waals surface area contributed by atoms with Crippen molar-refractivity contribution in [2.75, 3.05) is 27.7 Å². The topological polar surface area (TPSA) is 38.5 Å². The van der Waals surface area contributed by atoms with Crippen LogP contribution in [0.15, 0.2) is 18.2 Å². The van der Waals surface area contributed by atoms with E-state index >= 15 is 0 Å². The smallest absolute Gasteiger partial charge is 0.122 e. The molecule has 2 N–H and O–H groups in total. The Hall–Kier alpha value is -1.06. The van der Waals surface area contributed by atoms with E-state index in [0.29, 0.717) is 12.6 Å². The molecule has 0 fully saturated rings. The van der Waals surface area contributed by atoms with Crippen LogP contribution in [0.3, 0.4) is 0 Å². The molecule has 0 bridgehead atoms. The van der Waals surface area contributed by atoms with E-state index in [0.717, 1.165) is 12.2 Å². The lowest BCUT2D eigenvalue weighted by molar-refractivity contribution is 0.317. The second kappa shape index (κ2) is 5.87. The first-order valence-corrected chi connectivity index (χ1v) is 5.64. The first-order valence-electron chi connectivity index (χ1n) is 5.64. The van der Waals surface area contributed by atoms with Crippen molar-refractivity contribution in [3.63, 3.8) is 0 Å². The maximum Gasteiger partial charge on any atom is 0.122 e. The monoisotopic (exact) mass is 222 g/mol. The SMILES string of the molecule is COc1cccc(C(C)N(C)C)c1CCN. The fourth-order valence-corrected chi connectivity index (χ4v) is 1.86. The summed E-state index contributed by atoms with van der Waals surface area (Å²) in [5, 5.41) is 0. The Morgan fingerprint density at radius 2 is 2.06 bits per heavy atom. The molecule has 0 aliphatic rings. The van der Waals surface area contributed by atoms with Crippen LogP contribution in [0, 0.1) is 0 Å². The van der Waals surface area contributed by atoms with E-state index in [9.17, 15) is 0 Å². The summed E-state index contributed by atoms with van der Waals surface area (Å²) < 4.78 is 5.39. The van der Waals surface area contributed by atoms with E-state index in [1.807, 2.05) is 12.1 Å². The van der Waals surface area contributed by atoms with Gasteiger partial charge in [-0.05, 0) is 45.6 Å². The zero-order valence-electron chi connectivity index (χ0n) is 10.7. The lowest BCUT2D eigenvalue weighted by Gasteiger charge is -2.24. The van der Waals surface area contributed by atoms with E-state index in [2.05, 4.69) is 32.0 Å². The minimum Gasteiger partial charge on any atom is -0.496 e. The molecule has 1 aromatic carbocycles. The first-order chi connectivity index (χ1) is 7.61. The summed E-state index contributed by atoms with van der Waals surface area (Å²) in [6, 6.07) is 6.56. The Bertz CT molecular complexity index is 337. The second-order valence-corrected chi connectivity index (χ2v) is 4.21. The van der Waals surface area contributed by atoms with Crippen molar-refractivity contribution in [1.29, 1.82) is 0 Å². The van der Waals surface area contributed by atoms with Crippen molar-refractivity contribution in [1.82, 2.24) is 4.90 Å². The van der Waals surface area contributed by atoms with Gasteiger partial charge in [-0.3, -0.25) is 0 Å². The van der Waals surface area contributed by atoms with Crippen LogP contribution >= 0.6 is 0 Å². The molecule has 1 aromatic rings. The predicted molar refractivity (Wildman–Crippen MR) is 67.9 cm³/mol. The minimum absolute atomic E-state index is 0.372. The van der Waals surface area contributed by atoms with Crippen molar-refractivity contribution in [3.8, 4) is 5.75 Å². The minimum atomic E-state index is 0.372. The van der Waals surface area contributed by atoms with Crippen LogP contribution in [-0.2, 0) is 6.42 Å². The second-order valence-electron chi connectivity index (χ2n) is 4.21. The van der Waals surface area contributed by atoms with Gasteiger partial charge in [0.25, 0.3) is 0 Å². The number of ether oxygens (including phenoxy) is 1. The summed E-state index contributed by atoms with van der Waals surface area (Å²) in [5.41, 5.74) is 8.19. The van der Waals surface area contributed by atoms with Crippen LogP contribution in [0.25, 0.3) is 0 Å². The van der Waals surface area contributed by atoms with Gasteiger partial charge in [0.15, 0.2) is 0 Å². The lowest BCUT2D eigenvalue weighted by Crippen LogP contribution is -2.19.